The van der Waals surface area contributed by atoms with Crippen LogP contribution in [0.2, 0.25) is 0 Å². The van der Waals surface area contributed by atoms with Gasteiger partial charge in [0.1, 0.15) is 11.6 Å². The Morgan fingerprint density at radius 3 is 2.72 bits per heavy atom. The summed E-state index contributed by atoms with van der Waals surface area (Å²) in [6.07, 6.45) is 3.19. The molecular formula is C14H21F2NS. The van der Waals surface area contributed by atoms with Crippen molar-refractivity contribution in [3.8, 4) is 0 Å². The number of halogens is 2. The maximum atomic E-state index is 13.3. The van der Waals surface area contributed by atoms with E-state index in [1.807, 2.05) is 0 Å². The molecule has 0 aliphatic heterocycles. The van der Waals surface area contributed by atoms with Crippen molar-refractivity contribution in [3.63, 3.8) is 0 Å². The summed E-state index contributed by atoms with van der Waals surface area (Å²) in [6.45, 7) is 5.23. The van der Waals surface area contributed by atoms with Crippen molar-refractivity contribution in [2.24, 2.45) is 0 Å². The first-order valence-corrected chi connectivity index (χ1v) is 7.47. The van der Waals surface area contributed by atoms with Crippen molar-refractivity contribution < 1.29 is 8.78 Å². The summed E-state index contributed by atoms with van der Waals surface area (Å²) in [5.74, 6) is 0.112. The van der Waals surface area contributed by atoms with E-state index in [0.29, 0.717) is 10.9 Å². The summed E-state index contributed by atoms with van der Waals surface area (Å²) in [5, 5.41) is 3.41. The van der Waals surface area contributed by atoms with E-state index in [4.69, 9.17) is 0 Å². The van der Waals surface area contributed by atoms with Gasteiger partial charge in [0.2, 0.25) is 0 Å². The molecule has 0 bridgehead atoms. The van der Waals surface area contributed by atoms with Crippen LogP contribution in [0.1, 0.15) is 33.1 Å². The highest BCUT2D eigenvalue weighted by molar-refractivity contribution is 7.99. The van der Waals surface area contributed by atoms with Crippen LogP contribution in [0.4, 0.5) is 8.78 Å². The van der Waals surface area contributed by atoms with Gasteiger partial charge in [-0.15, -0.1) is 11.8 Å². The lowest BCUT2D eigenvalue weighted by molar-refractivity contribution is 0.477. The third kappa shape index (κ3) is 5.36. The number of hydrogen-bond donors (Lipinski definition) is 1. The normalized spacial score (nSPS) is 12.7. The molecule has 0 fully saturated rings. The molecule has 0 aliphatic carbocycles. The van der Waals surface area contributed by atoms with Crippen molar-refractivity contribution >= 4 is 11.8 Å². The highest BCUT2D eigenvalue weighted by atomic mass is 32.2. The Bertz CT molecular complexity index is 358. The lowest BCUT2D eigenvalue weighted by atomic mass is 10.1. The zero-order valence-corrected chi connectivity index (χ0v) is 11.8. The van der Waals surface area contributed by atoms with Crippen LogP contribution in [0, 0.1) is 11.6 Å². The van der Waals surface area contributed by atoms with Gasteiger partial charge in [0, 0.05) is 10.9 Å². The fourth-order valence-corrected chi connectivity index (χ4v) is 2.77. The van der Waals surface area contributed by atoms with Crippen molar-refractivity contribution in [1.82, 2.24) is 5.32 Å². The van der Waals surface area contributed by atoms with E-state index < -0.39 is 0 Å². The van der Waals surface area contributed by atoms with Crippen LogP contribution < -0.4 is 5.32 Å². The van der Waals surface area contributed by atoms with E-state index in [0.717, 1.165) is 37.6 Å². The summed E-state index contributed by atoms with van der Waals surface area (Å²) in [6, 6.07) is 4.14. The number of thioether (sulfide) groups is 1. The molecule has 1 aromatic rings. The molecular weight excluding hydrogens is 252 g/mol. The molecule has 1 unspecified atom stereocenters. The second kappa shape index (κ2) is 8.48. The molecule has 0 heterocycles. The van der Waals surface area contributed by atoms with Crippen LogP contribution in [0.25, 0.3) is 0 Å². The van der Waals surface area contributed by atoms with E-state index in [2.05, 4.69) is 19.2 Å². The molecule has 102 valence electrons. The highest BCUT2D eigenvalue weighted by Crippen LogP contribution is 2.23. The van der Waals surface area contributed by atoms with Crippen LogP contribution in [0.3, 0.4) is 0 Å². The Morgan fingerprint density at radius 1 is 1.28 bits per heavy atom. The molecule has 1 N–H and O–H groups in total. The third-order valence-electron chi connectivity index (χ3n) is 2.83. The summed E-state index contributed by atoms with van der Waals surface area (Å²) in [4.78, 5) is 0.409. The van der Waals surface area contributed by atoms with E-state index in [1.54, 1.807) is 0 Å². The molecule has 1 rings (SSSR count). The van der Waals surface area contributed by atoms with Gasteiger partial charge in [0.25, 0.3) is 0 Å². The molecule has 1 atom stereocenters. The minimum atomic E-state index is -0.377. The minimum absolute atomic E-state index is 0.333. The standard InChI is InChI=1S/C14H21F2NS/c1-3-12(17-4-2)6-5-9-18-14-10-11(15)7-8-13(14)16/h7-8,10,12,17H,3-6,9H2,1-2H3. The Hall–Kier alpha value is -0.610. The monoisotopic (exact) mass is 273 g/mol. The predicted octanol–water partition coefficient (Wildman–Crippen LogP) is 4.23. The van der Waals surface area contributed by atoms with E-state index >= 15 is 0 Å². The summed E-state index contributed by atoms with van der Waals surface area (Å²) >= 11 is 1.39. The van der Waals surface area contributed by atoms with Crippen molar-refractivity contribution in [2.45, 2.75) is 44.0 Å². The van der Waals surface area contributed by atoms with Crippen LogP contribution in [0.5, 0.6) is 0 Å². The Kier molecular flexibility index (Phi) is 7.28. The lowest BCUT2D eigenvalue weighted by Gasteiger charge is -2.15. The lowest BCUT2D eigenvalue weighted by Crippen LogP contribution is -2.28. The molecule has 18 heavy (non-hydrogen) atoms. The van der Waals surface area contributed by atoms with Gasteiger partial charge in [-0.2, -0.15) is 0 Å². The van der Waals surface area contributed by atoms with E-state index in [-0.39, 0.29) is 11.6 Å². The second-order valence-corrected chi connectivity index (χ2v) is 5.37. The maximum absolute atomic E-state index is 13.3. The highest BCUT2D eigenvalue weighted by Gasteiger charge is 2.06. The quantitative estimate of drug-likeness (QED) is 0.562. The molecule has 0 saturated carbocycles. The average molecular weight is 273 g/mol. The Balaban J connectivity index is 2.31. The first-order valence-electron chi connectivity index (χ1n) is 6.48. The molecule has 0 saturated heterocycles. The zero-order valence-electron chi connectivity index (χ0n) is 11.0. The van der Waals surface area contributed by atoms with Gasteiger partial charge in [-0.1, -0.05) is 13.8 Å². The van der Waals surface area contributed by atoms with Gasteiger partial charge in [0.15, 0.2) is 0 Å². The van der Waals surface area contributed by atoms with Gasteiger partial charge in [-0.05, 0) is 49.8 Å². The molecule has 4 heteroatoms. The van der Waals surface area contributed by atoms with Crippen LogP contribution in [-0.2, 0) is 0 Å². The van der Waals surface area contributed by atoms with E-state index in [1.165, 1.54) is 23.9 Å². The van der Waals surface area contributed by atoms with Gasteiger partial charge < -0.3 is 5.32 Å². The van der Waals surface area contributed by atoms with Crippen molar-refractivity contribution in [1.29, 1.82) is 0 Å². The Labute approximate surface area is 112 Å². The molecule has 0 amide bonds. The zero-order chi connectivity index (χ0) is 13.4. The molecule has 1 aromatic carbocycles. The fraction of sp³-hybridized carbons (Fsp3) is 0.571. The first-order chi connectivity index (χ1) is 8.67. The van der Waals surface area contributed by atoms with Crippen LogP contribution in [0.15, 0.2) is 23.1 Å². The number of nitrogens with one attached hydrogen (secondary N) is 1. The van der Waals surface area contributed by atoms with Crippen molar-refractivity contribution in [3.05, 3.63) is 29.8 Å². The predicted molar refractivity (Wildman–Crippen MR) is 74.1 cm³/mol. The number of benzene rings is 1. The SMILES string of the molecule is CCNC(CC)CCCSc1cc(F)ccc1F. The maximum Gasteiger partial charge on any atom is 0.136 e. The van der Waals surface area contributed by atoms with Crippen LogP contribution >= 0.6 is 11.8 Å². The van der Waals surface area contributed by atoms with E-state index in [9.17, 15) is 8.78 Å². The molecule has 0 aromatic heterocycles. The third-order valence-corrected chi connectivity index (χ3v) is 3.95. The smallest absolute Gasteiger partial charge is 0.136 e. The Morgan fingerprint density at radius 2 is 2.06 bits per heavy atom. The van der Waals surface area contributed by atoms with Gasteiger partial charge >= 0.3 is 0 Å². The van der Waals surface area contributed by atoms with Crippen molar-refractivity contribution in [2.75, 3.05) is 12.3 Å². The molecule has 0 spiro atoms. The number of hydrogen-bond acceptors (Lipinski definition) is 2. The molecule has 1 nitrogen and oxygen atoms in total. The largest absolute Gasteiger partial charge is 0.314 e. The first kappa shape index (κ1) is 15.4. The minimum Gasteiger partial charge on any atom is -0.314 e. The topological polar surface area (TPSA) is 12.0 Å². The van der Waals surface area contributed by atoms with Gasteiger partial charge in [0.05, 0.1) is 0 Å². The number of rotatable bonds is 8. The summed E-state index contributed by atoms with van der Waals surface area (Å²) < 4.78 is 26.3. The fourth-order valence-electron chi connectivity index (χ4n) is 1.84. The summed E-state index contributed by atoms with van der Waals surface area (Å²) in [5.41, 5.74) is 0. The second-order valence-electron chi connectivity index (χ2n) is 4.23. The molecule has 0 aliphatic rings. The van der Waals surface area contributed by atoms with Gasteiger partial charge in [-0.25, -0.2) is 8.78 Å². The summed E-state index contributed by atoms with van der Waals surface area (Å²) in [7, 11) is 0. The van der Waals surface area contributed by atoms with Gasteiger partial charge in [-0.3, -0.25) is 0 Å². The molecule has 0 radical (unpaired) electrons. The average Bonchev–Trinajstić information content (AvgIpc) is 2.37. The van der Waals surface area contributed by atoms with Crippen LogP contribution in [-0.4, -0.2) is 18.3 Å².